The zero-order valence-corrected chi connectivity index (χ0v) is 6.93. The average Bonchev–Trinajstić information content (AvgIpc) is 0.811. The van der Waals surface area contributed by atoms with E-state index in [9.17, 15) is 8.78 Å². The number of rotatable bonds is 0. The summed E-state index contributed by atoms with van der Waals surface area (Å²) in [6.45, 7) is 3.69. The standard InChI is InChI=1S/C2HF2.CH3.Hf/c1-2(3)4;;/h1H;1H3;/q2*-1;. The van der Waals surface area contributed by atoms with E-state index < -0.39 is 6.08 Å². The van der Waals surface area contributed by atoms with Gasteiger partial charge in [0, 0.05) is 25.8 Å². The van der Waals surface area contributed by atoms with Gasteiger partial charge < -0.3 is 14.0 Å². The van der Waals surface area contributed by atoms with Gasteiger partial charge in [-0.15, -0.1) is 0 Å². The summed E-state index contributed by atoms with van der Waals surface area (Å²) in [6, 6.07) is 0. The Morgan fingerprint density at radius 2 is 1.33 bits per heavy atom. The molecule has 0 aliphatic carbocycles. The molecular formula is C3H4F2Hf-2. The van der Waals surface area contributed by atoms with E-state index in [0.717, 1.165) is 0 Å². The predicted octanol–water partition coefficient (Wildman–Crippen LogP) is 1.65. The fraction of sp³-hybridized carbons (Fsp3) is 0. The van der Waals surface area contributed by atoms with Crippen LogP contribution in [0.5, 0.6) is 0 Å². The molecule has 0 spiro atoms. The quantitative estimate of drug-likeness (QED) is 0.457. The third kappa shape index (κ3) is 244. The van der Waals surface area contributed by atoms with Crippen LogP contribution in [0.4, 0.5) is 8.78 Å². The van der Waals surface area contributed by atoms with Crippen LogP contribution in [0.15, 0.2) is 6.08 Å². The Kier molecular flexibility index (Phi) is 24.3. The second kappa shape index (κ2) is 9.08. The summed E-state index contributed by atoms with van der Waals surface area (Å²) in [7, 11) is 0. The molecule has 0 saturated heterocycles. The van der Waals surface area contributed by atoms with Gasteiger partial charge in [-0.3, -0.25) is 0 Å². The van der Waals surface area contributed by atoms with Gasteiger partial charge in [0.25, 0.3) is 0 Å². The molecule has 0 nitrogen and oxygen atoms in total. The zero-order valence-electron chi connectivity index (χ0n) is 3.33. The monoisotopic (exact) mass is 258 g/mol. The Morgan fingerprint density at radius 1 is 1.33 bits per heavy atom. The van der Waals surface area contributed by atoms with Crippen molar-refractivity contribution in [2.24, 2.45) is 0 Å². The van der Waals surface area contributed by atoms with Crippen LogP contribution in [-0.2, 0) is 25.8 Å². The summed E-state index contributed by atoms with van der Waals surface area (Å²) in [5.74, 6) is 0. The van der Waals surface area contributed by atoms with Crippen molar-refractivity contribution < 1.29 is 34.6 Å². The molecule has 36 valence electrons. The van der Waals surface area contributed by atoms with Crippen LogP contribution >= 0.6 is 0 Å². The van der Waals surface area contributed by atoms with Gasteiger partial charge in [0.1, 0.15) is 0 Å². The molecule has 0 heterocycles. The second-order valence-corrected chi connectivity index (χ2v) is 0.290. The molecule has 0 rings (SSSR count). The first-order valence-corrected chi connectivity index (χ1v) is 0.667. The molecule has 0 aromatic heterocycles. The summed E-state index contributed by atoms with van der Waals surface area (Å²) in [5.41, 5.74) is 0. The molecule has 0 atom stereocenters. The Labute approximate surface area is 55.0 Å². The summed E-state index contributed by atoms with van der Waals surface area (Å²) < 4.78 is 20.1. The van der Waals surface area contributed by atoms with E-state index in [4.69, 9.17) is 0 Å². The fourth-order valence-corrected chi connectivity index (χ4v) is 0. The van der Waals surface area contributed by atoms with E-state index in [-0.39, 0.29) is 33.3 Å². The number of hydrogen-bond donors (Lipinski definition) is 0. The first-order valence-electron chi connectivity index (χ1n) is 0.667. The summed E-state index contributed by atoms with van der Waals surface area (Å²) >= 11 is 0. The molecule has 3 heteroatoms. The van der Waals surface area contributed by atoms with Gasteiger partial charge >= 0.3 is 0 Å². The molecule has 0 aliphatic heterocycles. The minimum atomic E-state index is -2.08. The molecule has 0 unspecified atom stereocenters. The van der Waals surface area contributed by atoms with Crippen molar-refractivity contribution in [2.75, 3.05) is 0 Å². The zero-order chi connectivity index (χ0) is 3.58. The van der Waals surface area contributed by atoms with Crippen molar-refractivity contribution in [3.05, 3.63) is 20.1 Å². The van der Waals surface area contributed by atoms with Crippen LogP contribution in [0.25, 0.3) is 0 Å². The average molecular weight is 257 g/mol. The number of halogens is 2. The maximum atomic E-state index is 10.0. The molecular weight excluding hydrogens is 253 g/mol. The minimum Gasteiger partial charge on any atom is -0.445 e. The molecule has 0 fully saturated rings. The second-order valence-electron chi connectivity index (χ2n) is 0.290. The van der Waals surface area contributed by atoms with Crippen molar-refractivity contribution in [1.29, 1.82) is 0 Å². The largest absolute Gasteiger partial charge is 0.445 e. The van der Waals surface area contributed by atoms with Crippen LogP contribution in [0.1, 0.15) is 0 Å². The van der Waals surface area contributed by atoms with Crippen molar-refractivity contribution >= 4 is 0 Å². The van der Waals surface area contributed by atoms with Crippen molar-refractivity contribution in [3.8, 4) is 0 Å². The molecule has 0 aliphatic rings. The molecule has 0 aromatic carbocycles. The van der Waals surface area contributed by atoms with Crippen LogP contribution in [-0.4, -0.2) is 0 Å². The Bertz CT molecular complexity index is 31.8. The minimum absolute atomic E-state index is 0. The van der Waals surface area contributed by atoms with E-state index in [1.807, 2.05) is 0 Å². The molecule has 0 saturated carbocycles. The molecule has 0 aromatic rings. The maximum absolute atomic E-state index is 10.0. The van der Waals surface area contributed by atoms with Gasteiger partial charge in [-0.2, -0.15) is 0 Å². The van der Waals surface area contributed by atoms with E-state index in [2.05, 4.69) is 6.58 Å². The molecule has 0 radical (unpaired) electrons. The van der Waals surface area contributed by atoms with Crippen LogP contribution in [0.2, 0.25) is 0 Å². The van der Waals surface area contributed by atoms with Crippen LogP contribution < -0.4 is 0 Å². The molecule has 6 heavy (non-hydrogen) atoms. The third-order valence-electron chi connectivity index (χ3n) is 0. The third-order valence-corrected chi connectivity index (χ3v) is 0. The Hall–Kier alpha value is 0.470. The van der Waals surface area contributed by atoms with Crippen molar-refractivity contribution in [2.45, 2.75) is 0 Å². The summed E-state index contributed by atoms with van der Waals surface area (Å²) in [6.07, 6.45) is -2.08. The molecule has 0 amide bonds. The first-order chi connectivity index (χ1) is 1.73. The van der Waals surface area contributed by atoms with Gasteiger partial charge in [0.2, 0.25) is 0 Å². The predicted molar refractivity (Wildman–Crippen MR) is 16.4 cm³/mol. The van der Waals surface area contributed by atoms with Gasteiger partial charge in [0.05, 0.1) is 6.08 Å². The first kappa shape index (κ1) is 16.1. The Balaban J connectivity index is -0.0000000450. The normalized spacial score (nSPS) is 4.33. The Morgan fingerprint density at radius 3 is 1.33 bits per heavy atom. The molecule has 0 bridgehead atoms. The van der Waals surface area contributed by atoms with E-state index in [1.165, 1.54) is 0 Å². The topological polar surface area (TPSA) is 0 Å². The van der Waals surface area contributed by atoms with Gasteiger partial charge in [0.15, 0.2) is 0 Å². The summed E-state index contributed by atoms with van der Waals surface area (Å²) in [4.78, 5) is 0. The maximum Gasteiger partial charge on any atom is 0.0884 e. The number of hydrogen-bond acceptors (Lipinski definition) is 0. The van der Waals surface area contributed by atoms with Gasteiger partial charge in [-0.25, -0.2) is 8.78 Å². The van der Waals surface area contributed by atoms with Crippen molar-refractivity contribution in [3.63, 3.8) is 0 Å². The van der Waals surface area contributed by atoms with Gasteiger partial charge in [-0.05, 0) is 0 Å². The van der Waals surface area contributed by atoms with Crippen LogP contribution in [0, 0.1) is 14.0 Å². The van der Waals surface area contributed by atoms with Gasteiger partial charge in [-0.1, -0.05) is 0 Å². The summed E-state index contributed by atoms with van der Waals surface area (Å²) in [5, 5.41) is 0. The SMILES string of the molecule is [CH-]=C(F)F.[CH3-].[Hf]. The fourth-order valence-electron chi connectivity index (χ4n) is 0. The van der Waals surface area contributed by atoms with Crippen LogP contribution in [0.3, 0.4) is 0 Å². The molecule has 0 N–H and O–H groups in total. The van der Waals surface area contributed by atoms with E-state index in [0.29, 0.717) is 0 Å². The van der Waals surface area contributed by atoms with E-state index in [1.54, 1.807) is 0 Å². The smallest absolute Gasteiger partial charge is 0.0884 e. The van der Waals surface area contributed by atoms with Crippen molar-refractivity contribution in [1.82, 2.24) is 0 Å². The van der Waals surface area contributed by atoms with E-state index >= 15 is 0 Å².